The number of nitrogens with two attached hydrogens (primary N) is 1. The molecule has 0 saturated heterocycles. The van der Waals surface area contributed by atoms with Gasteiger partial charge in [-0.25, -0.2) is 0 Å². The van der Waals surface area contributed by atoms with E-state index in [9.17, 15) is 9.59 Å². The van der Waals surface area contributed by atoms with Crippen molar-refractivity contribution in [2.75, 3.05) is 6.54 Å². The van der Waals surface area contributed by atoms with E-state index < -0.39 is 17.4 Å². The van der Waals surface area contributed by atoms with Gasteiger partial charge in [-0.15, -0.1) is 0 Å². The molecule has 0 radical (unpaired) electrons. The molecule has 4 N–H and O–H groups in total. The van der Waals surface area contributed by atoms with E-state index in [1.54, 1.807) is 12.1 Å². The van der Waals surface area contributed by atoms with Gasteiger partial charge in [0.25, 0.3) is 0 Å². The Balaban J connectivity index is 1.93. The first-order chi connectivity index (χ1) is 9.05. The van der Waals surface area contributed by atoms with Crippen LogP contribution >= 0.6 is 0 Å². The summed E-state index contributed by atoms with van der Waals surface area (Å²) in [5, 5.41) is 11.8. The van der Waals surface area contributed by atoms with Crippen molar-refractivity contribution in [1.29, 1.82) is 0 Å². The number of rotatable bonds is 5. The summed E-state index contributed by atoms with van der Waals surface area (Å²) in [6.45, 7) is 0.154. The molecule has 0 heterocycles. The van der Waals surface area contributed by atoms with E-state index >= 15 is 0 Å². The lowest BCUT2D eigenvalue weighted by atomic mass is 9.69. The fourth-order valence-electron chi connectivity index (χ4n) is 2.25. The van der Waals surface area contributed by atoms with Crippen molar-refractivity contribution in [3.63, 3.8) is 0 Å². The van der Waals surface area contributed by atoms with Crippen LogP contribution in [-0.2, 0) is 9.59 Å². The van der Waals surface area contributed by atoms with Gasteiger partial charge in [-0.3, -0.25) is 9.59 Å². The highest BCUT2D eigenvalue weighted by atomic mass is 16.4. The molecule has 2 rings (SSSR count). The Morgan fingerprint density at radius 2 is 1.95 bits per heavy atom. The molecule has 1 aliphatic rings. The van der Waals surface area contributed by atoms with Crippen LogP contribution in [-0.4, -0.2) is 23.5 Å². The van der Waals surface area contributed by atoms with Crippen LogP contribution in [0.1, 0.15) is 30.9 Å². The van der Waals surface area contributed by atoms with Gasteiger partial charge in [0.15, 0.2) is 0 Å². The molecule has 1 aromatic rings. The standard InChI is InChI=1S/C14H18N2O3/c15-11(10-5-2-1-3-6-10)12(17)16-9-14(13(18)19)7-4-8-14/h1-3,5-6,11H,4,7-9,15H2,(H,16,17)(H,18,19)/t11-/m1/s1. The normalized spacial score (nSPS) is 18.2. The van der Waals surface area contributed by atoms with Gasteiger partial charge in [-0.1, -0.05) is 36.8 Å². The smallest absolute Gasteiger partial charge is 0.311 e. The van der Waals surface area contributed by atoms with E-state index in [1.807, 2.05) is 18.2 Å². The van der Waals surface area contributed by atoms with E-state index in [-0.39, 0.29) is 12.5 Å². The number of carbonyl (C=O) groups excluding carboxylic acids is 1. The third-order valence-electron chi connectivity index (χ3n) is 3.81. The lowest BCUT2D eigenvalue weighted by molar-refractivity contribution is -0.154. The van der Waals surface area contributed by atoms with Gasteiger partial charge in [-0.05, 0) is 18.4 Å². The fourth-order valence-corrected chi connectivity index (χ4v) is 2.25. The van der Waals surface area contributed by atoms with Crippen molar-refractivity contribution in [3.05, 3.63) is 35.9 Å². The summed E-state index contributed by atoms with van der Waals surface area (Å²) in [6.07, 6.45) is 2.12. The van der Waals surface area contributed by atoms with Crippen molar-refractivity contribution < 1.29 is 14.7 Å². The van der Waals surface area contributed by atoms with Gasteiger partial charge in [0.1, 0.15) is 6.04 Å². The molecule has 0 spiro atoms. The van der Waals surface area contributed by atoms with Gasteiger partial charge in [0, 0.05) is 6.54 Å². The SMILES string of the molecule is N[C@@H](C(=O)NCC1(C(=O)O)CCC1)c1ccccc1. The molecule has 0 unspecified atom stereocenters. The zero-order chi connectivity index (χ0) is 13.9. The molecular formula is C14H18N2O3. The second kappa shape index (κ2) is 5.40. The van der Waals surface area contributed by atoms with Gasteiger partial charge in [-0.2, -0.15) is 0 Å². The molecule has 102 valence electrons. The zero-order valence-corrected chi connectivity index (χ0v) is 10.6. The number of carbonyl (C=O) groups is 2. The minimum Gasteiger partial charge on any atom is -0.481 e. The molecule has 5 nitrogen and oxygen atoms in total. The van der Waals surface area contributed by atoms with E-state index in [2.05, 4.69) is 5.32 Å². The monoisotopic (exact) mass is 262 g/mol. The highest BCUT2D eigenvalue weighted by Crippen LogP contribution is 2.40. The number of carboxylic acid groups (broad SMARTS) is 1. The van der Waals surface area contributed by atoms with Gasteiger partial charge in [0.05, 0.1) is 5.41 Å². The van der Waals surface area contributed by atoms with Crippen LogP contribution in [0.5, 0.6) is 0 Å². The predicted molar refractivity (Wildman–Crippen MR) is 70.3 cm³/mol. The number of amides is 1. The zero-order valence-electron chi connectivity index (χ0n) is 10.6. The molecule has 1 saturated carbocycles. The third kappa shape index (κ3) is 2.76. The number of hydrogen-bond acceptors (Lipinski definition) is 3. The first-order valence-electron chi connectivity index (χ1n) is 6.37. The Bertz CT molecular complexity index is 469. The number of aliphatic carboxylic acids is 1. The average molecular weight is 262 g/mol. The summed E-state index contributed by atoms with van der Waals surface area (Å²) in [4.78, 5) is 23.1. The minimum atomic E-state index is -0.840. The third-order valence-corrected chi connectivity index (χ3v) is 3.81. The topological polar surface area (TPSA) is 92.4 Å². The molecule has 1 aromatic carbocycles. The molecule has 1 aliphatic carbocycles. The van der Waals surface area contributed by atoms with Crippen LogP contribution in [0.25, 0.3) is 0 Å². The van der Waals surface area contributed by atoms with Crippen molar-refractivity contribution >= 4 is 11.9 Å². The van der Waals surface area contributed by atoms with Crippen molar-refractivity contribution in [3.8, 4) is 0 Å². The van der Waals surface area contributed by atoms with Crippen LogP contribution < -0.4 is 11.1 Å². The minimum absolute atomic E-state index is 0.154. The van der Waals surface area contributed by atoms with Crippen LogP contribution in [0.15, 0.2) is 30.3 Å². The number of hydrogen-bond donors (Lipinski definition) is 3. The number of nitrogens with one attached hydrogen (secondary N) is 1. The summed E-state index contributed by atoms with van der Waals surface area (Å²) >= 11 is 0. The maximum atomic E-state index is 11.9. The van der Waals surface area contributed by atoms with Gasteiger partial charge in [0.2, 0.25) is 5.91 Å². The Kier molecular flexibility index (Phi) is 3.85. The molecule has 1 atom stereocenters. The lowest BCUT2D eigenvalue weighted by Crippen LogP contribution is -2.49. The highest BCUT2D eigenvalue weighted by Gasteiger charge is 2.44. The van der Waals surface area contributed by atoms with Crippen molar-refractivity contribution in [2.45, 2.75) is 25.3 Å². The summed E-state index contributed by atoms with van der Waals surface area (Å²) in [7, 11) is 0. The largest absolute Gasteiger partial charge is 0.481 e. The molecule has 0 aliphatic heterocycles. The summed E-state index contributed by atoms with van der Waals surface area (Å²) < 4.78 is 0. The maximum absolute atomic E-state index is 11.9. The van der Waals surface area contributed by atoms with Gasteiger partial charge < -0.3 is 16.2 Å². The molecule has 0 aromatic heterocycles. The highest BCUT2D eigenvalue weighted by molar-refractivity contribution is 5.84. The van der Waals surface area contributed by atoms with Crippen LogP contribution in [0.4, 0.5) is 0 Å². The predicted octanol–water partition coefficient (Wildman–Crippen LogP) is 1.06. The van der Waals surface area contributed by atoms with Crippen LogP contribution in [0.2, 0.25) is 0 Å². The molecular weight excluding hydrogens is 244 g/mol. The Hall–Kier alpha value is -1.88. The summed E-state index contributed by atoms with van der Waals surface area (Å²) in [5.41, 5.74) is 5.78. The van der Waals surface area contributed by atoms with E-state index in [0.29, 0.717) is 12.8 Å². The van der Waals surface area contributed by atoms with E-state index in [0.717, 1.165) is 12.0 Å². The molecule has 5 heteroatoms. The lowest BCUT2D eigenvalue weighted by Gasteiger charge is -2.37. The first-order valence-corrected chi connectivity index (χ1v) is 6.37. The molecule has 1 amide bonds. The Labute approximate surface area is 111 Å². The number of benzene rings is 1. The van der Waals surface area contributed by atoms with Crippen LogP contribution in [0.3, 0.4) is 0 Å². The Morgan fingerprint density at radius 3 is 2.42 bits per heavy atom. The molecule has 1 fully saturated rings. The van der Waals surface area contributed by atoms with Crippen LogP contribution in [0, 0.1) is 5.41 Å². The van der Waals surface area contributed by atoms with E-state index in [4.69, 9.17) is 10.8 Å². The molecule has 0 bridgehead atoms. The fraction of sp³-hybridized carbons (Fsp3) is 0.429. The summed E-state index contributed by atoms with van der Waals surface area (Å²) in [6, 6.07) is 8.27. The second-order valence-corrected chi connectivity index (χ2v) is 5.05. The summed E-state index contributed by atoms with van der Waals surface area (Å²) in [5.74, 6) is -1.17. The maximum Gasteiger partial charge on any atom is 0.311 e. The number of carboxylic acids is 1. The quantitative estimate of drug-likeness (QED) is 0.739. The second-order valence-electron chi connectivity index (χ2n) is 5.05. The van der Waals surface area contributed by atoms with Crippen molar-refractivity contribution in [1.82, 2.24) is 5.32 Å². The van der Waals surface area contributed by atoms with Crippen molar-refractivity contribution in [2.24, 2.45) is 11.1 Å². The average Bonchev–Trinajstić information content (AvgIpc) is 2.37. The molecule has 19 heavy (non-hydrogen) atoms. The van der Waals surface area contributed by atoms with Gasteiger partial charge >= 0.3 is 5.97 Å². The first kappa shape index (κ1) is 13.5. The Morgan fingerprint density at radius 1 is 1.32 bits per heavy atom. The van der Waals surface area contributed by atoms with E-state index in [1.165, 1.54) is 0 Å².